The molecule has 0 aliphatic rings. The Labute approximate surface area is 95.0 Å². The zero-order chi connectivity index (χ0) is 12.3. The molecule has 0 bridgehead atoms. The van der Waals surface area contributed by atoms with Gasteiger partial charge in [-0.05, 0) is 44.0 Å². The van der Waals surface area contributed by atoms with Crippen molar-refractivity contribution in [3.8, 4) is 5.75 Å². The van der Waals surface area contributed by atoms with Crippen LogP contribution in [0.5, 0.6) is 5.75 Å². The minimum absolute atomic E-state index is 0.501. The average molecular weight is 223 g/mol. The van der Waals surface area contributed by atoms with Gasteiger partial charge >= 0.3 is 0 Å². The third kappa shape index (κ3) is 2.97. The predicted molar refractivity (Wildman–Crippen MR) is 61.1 cm³/mol. The van der Waals surface area contributed by atoms with Gasteiger partial charge in [0.15, 0.2) is 6.10 Å². The molecule has 2 atom stereocenters. The van der Waals surface area contributed by atoms with E-state index in [9.17, 15) is 9.90 Å². The van der Waals surface area contributed by atoms with Crippen LogP contribution in [0, 0.1) is 6.92 Å². The third-order valence-electron chi connectivity index (χ3n) is 2.39. The molecule has 1 aromatic carbocycles. The quantitative estimate of drug-likeness (QED) is 0.808. The molecular weight excluding hydrogens is 206 g/mol. The molecule has 0 spiro atoms. The van der Waals surface area contributed by atoms with Gasteiger partial charge in [-0.25, -0.2) is 0 Å². The molecule has 0 saturated carbocycles. The van der Waals surface area contributed by atoms with E-state index in [1.54, 1.807) is 26.0 Å². The van der Waals surface area contributed by atoms with Crippen molar-refractivity contribution in [2.24, 2.45) is 5.73 Å². The molecule has 2 unspecified atom stereocenters. The summed E-state index contributed by atoms with van der Waals surface area (Å²) in [7, 11) is 0. The number of carbonyl (C=O) groups excluding carboxylic acids is 1. The number of primary amides is 1. The summed E-state index contributed by atoms with van der Waals surface area (Å²) >= 11 is 0. The van der Waals surface area contributed by atoms with E-state index >= 15 is 0 Å². The maximum absolute atomic E-state index is 10.8. The Morgan fingerprint density at radius 1 is 1.44 bits per heavy atom. The summed E-state index contributed by atoms with van der Waals surface area (Å²) in [6.45, 7) is 5.15. The Bertz CT molecular complexity index is 388. The number of aryl methyl sites for hydroxylation is 1. The highest BCUT2D eigenvalue weighted by Crippen LogP contribution is 2.23. The minimum Gasteiger partial charge on any atom is -0.481 e. The third-order valence-corrected chi connectivity index (χ3v) is 2.39. The van der Waals surface area contributed by atoms with Gasteiger partial charge in [-0.15, -0.1) is 0 Å². The maximum Gasteiger partial charge on any atom is 0.258 e. The van der Waals surface area contributed by atoms with Crippen molar-refractivity contribution in [2.75, 3.05) is 0 Å². The summed E-state index contributed by atoms with van der Waals surface area (Å²) in [5.74, 6) is 0.106. The van der Waals surface area contributed by atoms with Crippen molar-refractivity contribution < 1.29 is 14.6 Å². The Morgan fingerprint density at radius 3 is 2.50 bits per heavy atom. The van der Waals surface area contributed by atoms with Crippen LogP contribution in [0.3, 0.4) is 0 Å². The first-order chi connectivity index (χ1) is 7.41. The summed E-state index contributed by atoms with van der Waals surface area (Å²) in [6.07, 6.45) is -1.17. The summed E-state index contributed by atoms with van der Waals surface area (Å²) in [5.41, 5.74) is 6.79. The van der Waals surface area contributed by atoms with E-state index in [0.29, 0.717) is 5.75 Å². The number of ether oxygens (including phenoxy) is 1. The van der Waals surface area contributed by atoms with E-state index in [0.717, 1.165) is 11.1 Å². The zero-order valence-electron chi connectivity index (χ0n) is 9.73. The number of rotatable bonds is 4. The Balaban J connectivity index is 2.87. The Kier molecular flexibility index (Phi) is 3.90. The van der Waals surface area contributed by atoms with Crippen LogP contribution in [0.1, 0.15) is 31.1 Å². The first kappa shape index (κ1) is 12.5. The van der Waals surface area contributed by atoms with Crippen molar-refractivity contribution in [2.45, 2.75) is 33.0 Å². The fraction of sp³-hybridized carbons (Fsp3) is 0.417. The van der Waals surface area contributed by atoms with Gasteiger partial charge < -0.3 is 15.6 Å². The molecule has 3 N–H and O–H groups in total. The van der Waals surface area contributed by atoms with Crippen LogP contribution < -0.4 is 10.5 Å². The van der Waals surface area contributed by atoms with E-state index in [2.05, 4.69) is 0 Å². The SMILES string of the molecule is Cc1cc(C(C)O)ccc1OC(C)C(N)=O. The smallest absolute Gasteiger partial charge is 0.258 e. The van der Waals surface area contributed by atoms with Crippen LogP contribution in [0.4, 0.5) is 0 Å². The predicted octanol–water partition coefficient (Wildman–Crippen LogP) is 1.30. The van der Waals surface area contributed by atoms with Gasteiger partial charge in [-0.2, -0.15) is 0 Å². The normalized spacial score (nSPS) is 14.2. The average Bonchev–Trinajstić information content (AvgIpc) is 2.20. The molecule has 4 heteroatoms. The van der Waals surface area contributed by atoms with E-state index in [-0.39, 0.29) is 0 Å². The second-order valence-corrected chi connectivity index (χ2v) is 3.86. The van der Waals surface area contributed by atoms with E-state index in [4.69, 9.17) is 10.5 Å². The van der Waals surface area contributed by atoms with E-state index in [1.807, 2.05) is 13.0 Å². The van der Waals surface area contributed by atoms with E-state index < -0.39 is 18.1 Å². The van der Waals surface area contributed by atoms with Gasteiger partial charge in [0.25, 0.3) is 5.91 Å². The lowest BCUT2D eigenvalue weighted by atomic mass is 10.1. The van der Waals surface area contributed by atoms with Gasteiger partial charge in [-0.3, -0.25) is 4.79 Å². The van der Waals surface area contributed by atoms with Crippen LogP contribution in [-0.4, -0.2) is 17.1 Å². The highest BCUT2D eigenvalue weighted by atomic mass is 16.5. The summed E-state index contributed by atoms with van der Waals surface area (Å²) < 4.78 is 5.39. The lowest BCUT2D eigenvalue weighted by molar-refractivity contribution is -0.123. The molecule has 1 aromatic rings. The number of benzene rings is 1. The van der Waals surface area contributed by atoms with Crippen molar-refractivity contribution in [3.05, 3.63) is 29.3 Å². The first-order valence-electron chi connectivity index (χ1n) is 5.16. The molecule has 0 aromatic heterocycles. The van der Waals surface area contributed by atoms with Crippen LogP contribution >= 0.6 is 0 Å². The molecule has 0 heterocycles. The Morgan fingerprint density at radius 2 is 2.06 bits per heavy atom. The van der Waals surface area contributed by atoms with Crippen LogP contribution in [-0.2, 0) is 4.79 Å². The molecular formula is C12H17NO3. The second kappa shape index (κ2) is 4.99. The molecule has 0 fully saturated rings. The maximum atomic E-state index is 10.8. The highest BCUT2D eigenvalue weighted by molar-refractivity contribution is 5.78. The molecule has 4 nitrogen and oxygen atoms in total. The molecule has 0 aliphatic carbocycles. The van der Waals surface area contributed by atoms with Crippen molar-refractivity contribution >= 4 is 5.91 Å². The highest BCUT2D eigenvalue weighted by Gasteiger charge is 2.12. The summed E-state index contributed by atoms with van der Waals surface area (Å²) in [6, 6.07) is 5.32. The van der Waals surface area contributed by atoms with Crippen LogP contribution in [0.25, 0.3) is 0 Å². The topological polar surface area (TPSA) is 72.6 Å². The zero-order valence-corrected chi connectivity index (χ0v) is 9.73. The number of aliphatic hydroxyl groups excluding tert-OH is 1. The molecule has 88 valence electrons. The largest absolute Gasteiger partial charge is 0.481 e. The number of nitrogens with two attached hydrogens (primary N) is 1. The molecule has 16 heavy (non-hydrogen) atoms. The van der Waals surface area contributed by atoms with Crippen molar-refractivity contribution in [3.63, 3.8) is 0 Å². The van der Waals surface area contributed by atoms with Crippen LogP contribution in [0.15, 0.2) is 18.2 Å². The number of aliphatic hydroxyl groups is 1. The van der Waals surface area contributed by atoms with Gasteiger partial charge in [0, 0.05) is 0 Å². The lowest BCUT2D eigenvalue weighted by Gasteiger charge is -2.15. The van der Waals surface area contributed by atoms with Gasteiger partial charge in [-0.1, -0.05) is 6.07 Å². The molecule has 1 amide bonds. The first-order valence-corrected chi connectivity index (χ1v) is 5.16. The van der Waals surface area contributed by atoms with Crippen molar-refractivity contribution in [1.29, 1.82) is 0 Å². The van der Waals surface area contributed by atoms with Crippen LogP contribution in [0.2, 0.25) is 0 Å². The van der Waals surface area contributed by atoms with E-state index in [1.165, 1.54) is 0 Å². The fourth-order valence-electron chi connectivity index (χ4n) is 1.31. The summed E-state index contributed by atoms with van der Waals surface area (Å²) in [4.78, 5) is 10.8. The summed E-state index contributed by atoms with van der Waals surface area (Å²) in [5, 5.41) is 9.39. The molecule has 1 rings (SSSR count). The van der Waals surface area contributed by atoms with Gasteiger partial charge in [0.1, 0.15) is 5.75 Å². The molecule has 0 saturated heterocycles. The van der Waals surface area contributed by atoms with Gasteiger partial charge in [0.2, 0.25) is 0 Å². The number of hydrogen-bond donors (Lipinski definition) is 2. The molecule has 0 radical (unpaired) electrons. The Hall–Kier alpha value is -1.55. The van der Waals surface area contributed by atoms with Gasteiger partial charge in [0.05, 0.1) is 6.10 Å². The number of hydrogen-bond acceptors (Lipinski definition) is 3. The van der Waals surface area contributed by atoms with Crippen molar-refractivity contribution in [1.82, 2.24) is 0 Å². The number of amides is 1. The standard InChI is InChI=1S/C12H17NO3/c1-7-6-10(8(2)14)4-5-11(7)16-9(3)12(13)15/h4-6,8-9,14H,1-3H3,(H2,13,15). The molecule has 0 aliphatic heterocycles. The minimum atomic E-state index is -0.656. The monoisotopic (exact) mass is 223 g/mol. The number of carbonyl (C=O) groups is 1. The lowest BCUT2D eigenvalue weighted by Crippen LogP contribution is -2.30. The fourth-order valence-corrected chi connectivity index (χ4v) is 1.31. The second-order valence-electron chi connectivity index (χ2n) is 3.86.